The van der Waals surface area contributed by atoms with Crippen molar-refractivity contribution in [2.75, 3.05) is 11.9 Å². The summed E-state index contributed by atoms with van der Waals surface area (Å²) in [5, 5.41) is 12.0. The molecule has 0 aliphatic carbocycles. The van der Waals surface area contributed by atoms with Gasteiger partial charge in [-0.05, 0) is 32.0 Å². The Labute approximate surface area is 130 Å². The van der Waals surface area contributed by atoms with Crippen molar-refractivity contribution in [3.63, 3.8) is 0 Å². The second-order valence-electron chi connectivity index (χ2n) is 4.56. The Kier molecular flexibility index (Phi) is 4.74. The number of benzene rings is 1. The SMILES string of the molecule is Cc1[nH]nc(NC(=O)CNC(=O)c2cccc(Br)c2)c1C. The highest BCUT2D eigenvalue weighted by Gasteiger charge is 2.11. The van der Waals surface area contributed by atoms with Crippen LogP contribution in [0.25, 0.3) is 0 Å². The highest BCUT2D eigenvalue weighted by Crippen LogP contribution is 2.13. The first kappa shape index (κ1) is 15.2. The minimum Gasteiger partial charge on any atom is -0.343 e. The van der Waals surface area contributed by atoms with E-state index in [0.29, 0.717) is 11.4 Å². The topological polar surface area (TPSA) is 86.9 Å². The van der Waals surface area contributed by atoms with Crippen LogP contribution in [-0.2, 0) is 4.79 Å². The predicted octanol–water partition coefficient (Wildman–Crippen LogP) is 2.16. The van der Waals surface area contributed by atoms with Crippen LogP contribution in [0.5, 0.6) is 0 Å². The van der Waals surface area contributed by atoms with Crippen molar-refractivity contribution in [3.8, 4) is 0 Å². The van der Waals surface area contributed by atoms with Crippen LogP contribution >= 0.6 is 15.9 Å². The van der Waals surface area contributed by atoms with E-state index in [1.165, 1.54) is 0 Å². The minimum absolute atomic E-state index is 0.114. The van der Waals surface area contributed by atoms with E-state index in [9.17, 15) is 9.59 Å². The second-order valence-corrected chi connectivity index (χ2v) is 5.48. The maximum atomic E-state index is 11.9. The Bertz CT molecular complexity index is 681. The number of carbonyl (C=O) groups excluding carboxylic acids is 2. The average Bonchev–Trinajstić information content (AvgIpc) is 2.77. The molecule has 1 aromatic heterocycles. The monoisotopic (exact) mass is 350 g/mol. The summed E-state index contributed by atoms with van der Waals surface area (Å²) in [6.07, 6.45) is 0. The van der Waals surface area contributed by atoms with Gasteiger partial charge in [0.05, 0.1) is 6.54 Å². The lowest BCUT2D eigenvalue weighted by atomic mass is 10.2. The van der Waals surface area contributed by atoms with Crippen LogP contribution < -0.4 is 10.6 Å². The Hall–Kier alpha value is -2.15. The predicted molar refractivity (Wildman–Crippen MR) is 83.2 cm³/mol. The number of halogens is 1. The number of aromatic nitrogens is 2. The standard InChI is InChI=1S/C14H15BrN4O2/c1-8-9(2)18-19-13(8)17-12(20)7-16-14(21)10-4-3-5-11(15)6-10/h3-6H,7H2,1-2H3,(H,16,21)(H2,17,18,19,20). The van der Waals surface area contributed by atoms with Crippen LogP contribution in [0.3, 0.4) is 0 Å². The van der Waals surface area contributed by atoms with Crippen molar-refractivity contribution in [1.82, 2.24) is 15.5 Å². The number of rotatable bonds is 4. The third kappa shape index (κ3) is 3.91. The summed E-state index contributed by atoms with van der Waals surface area (Å²) in [5.41, 5.74) is 2.26. The zero-order valence-corrected chi connectivity index (χ0v) is 13.2. The quantitative estimate of drug-likeness (QED) is 0.789. The van der Waals surface area contributed by atoms with Crippen molar-refractivity contribution >= 4 is 33.6 Å². The van der Waals surface area contributed by atoms with Gasteiger partial charge in [0.1, 0.15) is 0 Å². The molecular formula is C14H15BrN4O2. The molecule has 21 heavy (non-hydrogen) atoms. The molecule has 1 aromatic carbocycles. The van der Waals surface area contributed by atoms with E-state index in [2.05, 4.69) is 36.8 Å². The van der Waals surface area contributed by atoms with E-state index < -0.39 is 0 Å². The first-order chi connectivity index (χ1) is 9.97. The zero-order chi connectivity index (χ0) is 15.4. The molecule has 2 amide bonds. The van der Waals surface area contributed by atoms with Gasteiger partial charge in [-0.25, -0.2) is 0 Å². The Morgan fingerprint density at radius 1 is 1.33 bits per heavy atom. The van der Waals surface area contributed by atoms with E-state index in [1.54, 1.807) is 18.2 Å². The summed E-state index contributed by atoms with van der Waals surface area (Å²) in [7, 11) is 0. The lowest BCUT2D eigenvalue weighted by Crippen LogP contribution is -2.33. The molecule has 0 radical (unpaired) electrons. The van der Waals surface area contributed by atoms with Crippen molar-refractivity contribution in [1.29, 1.82) is 0 Å². The maximum absolute atomic E-state index is 11.9. The summed E-state index contributed by atoms with van der Waals surface area (Å²) in [4.78, 5) is 23.7. The second kappa shape index (κ2) is 6.53. The summed E-state index contributed by atoms with van der Waals surface area (Å²) < 4.78 is 0.808. The molecule has 0 spiro atoms. The fourth-order valence-electron chi connectivity index (χ4n) is 1.68. The van der Waals surface area contributed by atoms with Gasteiger partial charge in [-0.15, -0.1) is 0 Å². The molecule has 0 aliphatic heterocycles. The third-order valence-electron chi connectivity index (χ3n) is 3.01. The fraction of sp³-hybridized carbons (Fsp3) is 0.214. The van der Waals surface area contributed by atoms with Crippen LogP contribution in [0.4, 0.5) is 5.82 Å². The number of H-pyrrole nitrogens is 1. The maximum Gasteiger partial charge on any atom is 0.251 e. The molecule has 110 valence electrons. The van der Waals surface area contributed by atoms with Gasteiger partial charge < -0.3 is 10.6 Å². The third-order valence-corrected chi connectivity index (χ3v) is 3.50. The molecule has 1 heterocycles. The average molecular weight is 351 g/mol. The molecular weight excluding hydrogens is 336 g/mol. The van der Waals surface area contributed by atoms with Gasteiger partial charge >= 0.3 is 0 Å². The number of hydrogen-bond acceptors (Lipinski definition) is 3. The molecule has 0 unspecified atom stereocenters. The van der Waals surface area contributed by atoms with Gasteiger partial charge in [0.15, 0.2) is 5.82 Å². The number of hydrogen-bond donors (Lipinski definition) is 3. The summed E-state index contributed by atoms with van der Waals surface area (Å²) in [5.74, 6) is -0.150. The van der Waals surface area contributed by atoms with Gasteiger partial charge in [-0.1, -0.05) is 22.0 Å². The normalized spacial score (nSPS) is 10.2. The highest BCUT2D eigenvalue weighted by molar-refractivity contribution is 9.10. The van der Waals surface area contributed by atoms with E-state index in [1.807, 2.05) is 19.9 Å². The van der Waals surface area contributed by atoms with Crippen molar-refractivity contribution in [2.24, 2.45) is 0 Å². The van der Waals surface area contributed by atoms with E-state index in [4.69, 9.17) is 0 Å². The number of anilines is 1. The largest absolute Gasteiger partial charge is 0.343 e. The van der Waals surface area contributed by atoms with Crippen molar-refractivity contribution in [2.45, 2.75) is 13.8 Å². The number of nitrogens with zero attached hydrogens (tertiary/aromatic N) is 1. The lowest BCUT2D eigenvalue weighted by molar-refractivity contribution is -0.115. The molecule has 0 saturated heterocycles. The highest BCUT2D eigenvalue weighted by atomic mass is 79.9. The van der Waals surface area contributed by atoms with Crippen LogP contribution in [-0.4, -0.2) is 28.6 Å². The molecule has 0 aliphatic rings. The minimum atomic E-state index is -0.326. The molecule has 2 aromatic rings. The molecule has 0 bridgehead atoms. The van der Waals surface area contributed by atoms with Gasteiger partial charge in [-0.3, -0.25) is 14.7 Å². The number of carbonyl (C=O) groups is 2. The fourth-order valence-corrected chi connectivity index (χ4v) is 2.07. The smallest absolute Gasteiger partial charge is 0.251 e. The Morgan fingerprint density at radius 2 is 2.10 bits per heavy atom. The van der Waals surface area contributed by atoms with Gasteiger partial charge in [0.25, 0.3) is 5.91 Å². The summed E-state index contributed by atoms with van der Waals surface area (Å²) in [6, 6.07) is 6.95. The van der Waals surface area contributed by atoms with E-state index in [-0.39, 0.29) is 18.4 Å². The summed E-state index contributed by atoms with van der Waals surface area (Å²) in [6.45, 7) is 3.61. The molecule has 0 saturated carbocycles. The first-order valence-electron chi connectivity index (χ1n) is 6.32. The number of nitrogens with one attached hydrogen (secondary N) is 3. The number of aromatic amines is 1. The van der Waals surface area contributed by atoms with Crippen molar-refractivity contribution < 1.29 is 9.59 Å². The Morgan fingerprint density at radius 3 is 2.71 bits per heavy atom. The van der Waals surface area contributed by atoms with E-state index >= 15 is 0 Å². The molecule has 2 rings (SSSR count). The van der Waals surface area contributed by atoms with Gasteiger partial charge in [0.2, 0.25) is 5.91 Å². The molecule has 6 nitrogen and oxygen atoms in total. The number of aryl methyl sites for hydroxylation is 1. The summed E-state index contributed by atoms with van der Waals surface area (Å²) >= 11 is 3.29. The van der Waals surface area contributed by atoms with Crippen LogP contribution in [0, 0.1) is 13.8 Å². The lowest BCUT2D eigenvalue weighted by Gasteiger charge is -2.06. The first-order valence-corrected chi connectivity index (χ1v) is 7.12. The molecule has 7 heteroatoms. The molecule has 3 N–H and O–H groups in total. The van der Waals surface area contributed by atoms with Crippen LogP contribution in [0.15, 0.2) is 28.7 Å². The van der Waals surface area contributed by atoms with Gasteiger partial charge in [-0.2, -0.15) is 5.10 Å². The van der Waals surface area contributed by atoms with E-state index in [0.717, 1.165) is 15.7 Å². The van der Waals surface area contributed by atoms with Crippen molar-refractivity contribution in [3.05, 3.63) is 45.6 Å². The Balaban J connectivity index is 1.89. The van der Waals surface area contributed by atoms with Crippen LogP contribution in [0.2, 0.25) is 0 Å². The molecule has 0 atom stereocenters. The van der Waals surface area contributed by atoms with Gasteiger partial charge in [0, 0.05) is 21.3 Å². The molecule has 0 fully saturated rings. The number of amides is 2. The van der Waals surface area contributed by atoms with Crippen LogP contribution in [0.1, 0.15) is 21.6 Å². The zero-order valence-electron chi connectivity index (χ0n) is 11.7.